The van der Waals surface area contributed by atoms with E-state index in [1.807, 2.05) is 102 Å². The average Bonchev–Trinajstić information content (AvgIpc) is 3.20. The molecule has 0 bridgehead atoms. The fraction of sp³-hybridized carbons (Fsp3) is 0. The summed E-state index contributed by atoms with van der Waals surface area (Å²) in [5.41, 5.74) is 7.50. The van der Waals surface area contributed by atoms with Crippen molar-refractivity contribution in [2.75, 3.05) is 5.32 Å². The molecule has 3 aromatic carbocycles. The van der Waals surface area contributed by atoms with E-state index in [-0.39, 0.29) is 0 Å². The predicted octanol–water partition coefficient (Wildman–Crippen LogP) is 4.86. The highest BCUT2D eigenvalue weighted by molar-refractivity contribution is 7.80. The number of anilines is 1. The summed E-state index contributed by atoms with van der Waals surface area (Å²) in [5.74, 6) is 0. The molecule has 0 spiro atoms. The van der Waals surface area contributed by atoms with Gasteiger partial charge in [-0.15, -0.1) is 0 Å². The Kier molecular flexibility index (Phi) is 5.73. The van der Waals surface area contributed by atoms with Crippen molar-refractivity contribution < 1.29 is 0 Å². The maximum Gasteiger partial charge on any atom is 0.191 e. The van der Waals surface area contributed by atoms with Crippen LogP contribution in [0.1, 0.15) is 5.56 Å². The summed E-state index contributed by atoms with van der Waals surface area (Å²) in [5, 5.41) is 12.6. The minimum atomic E-state index is 0.421. The molecule has 0 amide bonds. The van der Waals surface area contributed by atoms with E-state index in [4.69, 9.17) is 17.3 Å². The van der Waals surface area contributed by atoms with Crippen LogP contribution in [0.4, 0.5) is 5.69 Å². The van der Waals surface area contributed by atoms with Crippen molar-refractivity contribution in [3.05, 3.63) is 103 Å². The summed E-state index contributed by atoms with van der Waals surface area (Å²) in [6.07, 6.45) is 3.68. The molecule has 0 saturated heterocycles. The number of para-hydroxylation sites is 2. The van der Waals surface area contributed by atoms with Crippen LogP contribution in [0.2, 0.25) is 0 Å². The number of aromatic nitrogens is 2. The van der Waals surface area contributed by atoms with Crippen LogP contribution in [0.3, 0.4) is 0 Å². The molecular weight excluding hydrogens is 378 g/mol. The second kappa shape index (κ2) is 8.95. The van der Waals surface area contributed by atoms with E-state index >= 15 is 0 Å². The van der Waals surface area contributed by atoms with E-state index in [0.717, 1.165) is 28.2 Å². The number of hydrogen-bond donors (Lipinski definition) is 2. The minimum Gasteiger partial charge on any atom is -0.331 e. The van der Waals surface area contributed by atoms with Gasteiger partial charge < -0.3 is 5.32 Å². The molecule has 5 nitrogen and oxygen atoms in total. The Hall–Kier alpha value is -3.77. The zero-order valence-corrected chi connectivity index (χ0v) is 16.4. The molecule has 2 N–H and O–H groups in total. The molecule has 1 aromatic heterocycles. The topological polar surface area (TPSA) is 54.2 Å². The summed E-state index contributed by atoms with van der Waals surface area (Å²) in [6, 6.07) is 29.7. The third-order valence-electron chi connectivity index (χ3n) is 4.21. The van der Waals surface area contributed by atoms with E-state index in [9.17, 15) is 0 Å². The van der Waals surface area contributed by atoms with Crippen LogP contribution < -0.4 is 10.7 Å². The fourth-order valence-electron chi connectivity index (χ4n) is 2.86. The molecular formula is C23H19N5S. The second-order valence-corrected chi connectivity index (χ2v) is 6.68. The van der Waals surface area contributed by atoms with Crippen molar-refractivity contribution in [3.63, 3.8) is 0 Å². The zero-order valence-electron chi connectivity index (χ0n) is 15.6. The van der Waals surface area contributed by atoms with Crippen molar-refractivity contribution in [2.45, 2.75) is 0 Å². The van der Waals surface area contributed by atoms with E-state index in [2.05, 4.69) is 15.8 Å². The zero-order chi connectivity index (χ0) is 19.9. The average molecular weight is 398 g/mol. The number of hydrazone groups is 1. The van der Waals surface area contributed by atoms with Crippen molar-refractivity contribution in [1.29, 1.82) is 0 Å². The van der Waals surface area contributed by atoms with Gasteiger partial charge in [0.1, 0.15) is 5.69 Å². The summed E-state index contributed by atoms with van der Waals surface area (Å²) < 4.78 is 1.85. The molecule has 4 aromatic rings. The predicted molar refractivity (Wildman–Crippen MR) is 122 cm³/mol. The molecule has 0 radical (unpaired) electrons. The molecule has 0 aliphatic rings. The van der Waals surface area contributed by atoms with Crippen molar-refractivity contribution >= 4 is 29.2 Å². The first kappa shape index (κ1) is 18.6. The van der Waals surface area contributed by atoms with Crippen molar-refractivity contribution in [1.82, 2.24) is 15.2 Å². The lowest BCUT2D eigenvalue weighted by Gasteiger charge is -2.06. The van der Waals surface area contributed by atoms with Crippen LogP contribution in [0, 0.1) is 0 Å². The van der Waals surface area contributed by atoms with Crippen LogP contribution in [-0.2, 0) is 0 Å². The van der Waals surface area contributed by atoms with Crippen molar-refractivity contribution in [2.24, 2.45) is 5.10 Å². The van der Waals surface area contributed by atoms with Gasteiger partial charge in [-0.3, -0.25) is 5.43 Å². The van der Waals surface area contributed by atoms with Gasteiger partial charge in [-0.25, -0.2) is 4.68 Å². The first-order chi connectivity index (χ1) is 14.3. The molecule has 29 heavy (non-hydrogen) atoms. The molecule has 0 aliphatic carbocycles. The lowest BCUT2D eigenvalue weighted by molar-refractivity contribution is 0.884. The lowest BCUT2D eigenvalue weighted by atomic mass is 10.1. The van der Waals surface area contributed by atoms with E-state index in [0.29, 0.717) is 5.11 Å². The normalized spacial score (nSPS) is 10.8. The van der Waals surface area contributed by atoms with Gasteiger partial charge in [-0.2, -0.15) is 10.2 Å². The molecule has 142 valence electrons. The molecule has 0 aliphatic heterocycles. The van der Waals surface area contributed by atoms with E-state index in [1.165, 1.54) is 0 Å². The summed E-state index contributed by atoms with van der Waals surface area (Å²) in [7, 11) is 0. The summed E-state index contributed by atoms with van der Waals surface area (Å²) in [4.78, 5) is 0. The van der Waals surface area contributed by atoms with Gasteiger partial charge in [-0.1, -0.05) is 66.7 Å². The summed E-state index contributed by atoms with van der Waals surface area (Å²) >= 11 is 5.30. The Bertz CT molecular complexity index is 1110. The quantitative estimate of drug-likeness (QED) is 0.287. The Morgan fingerprint density at radius 1 is 0.862 bits per heavy atom. The maximum atomic E-state index is 5.30. The second-order valence-electron chi connectivity index (χ2n) is 6.27. The highest BCUT2D eigenvalue weighted by Crippen LogP contribution is 2.22. The Balaban J connectivity index is 1.56. The van der Waals surface area contributed by atoms with E-state index in [1.54, 1.807) is 6.21 Å². The Labute approximate surface area is 174 Å². The van der Waals surface area contributed by atoms with Gasteiger partial charge in [0.05, 0.1) is 11.9 Å². The molecule has 0 unspecified atom stereocenters. The monoisotopic (exact) mass is 397 g/mol. The van der Waals surface area contributed by atoms with Crippen LogP contribution in [0.15, 0.2) is 102 Å². The van der Waals surface area contributed by atoms with Gasteiger partial charge in [0.15, 0.2) is 5.11 Å². The van der Waals surface area contributed by atoms with Gasteiger partial charge >= 0.3 is 0 Å². The number of nitrogens with zero attached hydrogens (tertiary/aromatic N) is 3. The van der Waals surface area contributed by atoms with E-state index < -0.39 is 0 Å². The standard InChI is InChI=1S/C23H19N5S/c29-23(25-20-12-6-2-7-13-20)26-24-16-19-17-28(21-14-8-3-9-15-21)27-22(19)18-10-4-1-5-11-18/h1-17H,(H2,25,26,29). The molecule has 6 heteroatoms. The first-order valence-corrected chi connectivity index (χ1v) is 9.56. The highest BCUT2D eigenvalue weighted by Gasteiger charge is 2.10. The van der Waals surface area contributed by atoms with Crippen LogP contribution in [-0.4, -0.2) is 21.1 Å². The largest absolute Gasteiger partial charge is 0.331 e. The number of thiocarbonyl (C=S) groups is 1. The third kappa shape index (κ3) is 4.75. The number of benzene rings is 3. The maximum absolute atomic E-state index is 5.30. The van der Waals surface area contributed by atoms with Crippen LogP contribution in [0.25, 0.3) is 16.9 Å². The SMILES string of the molecule is S=C(NN=Cc1cn(-c2ccccc2)nc1-c1ccccc1)Nc1ccccc1. The third-order valence-corrected chi connectivity index (χ3v) is 4.41. The molecule has 1 heterocycles. The minimum absolute atomic E-state index is 0.421. The first-order valence-electron chi connectivity index (χ1n) is 9.15. The highest BCUT2D eigenvalue weighted by atomic mass is 32.1. The summed E-state index contributed by atoms with van der Waals surface area (Å²) in [6.45, 7) is 0. The molecule has 0 saturated carbocycles. The Morgan fingerprint density at radius 2 is 1.48 bits per heavy atom. The van der Waals surface area contributed by atoms with Gasteiger partial charge in [0.2, 0.25) is 0 Å². The van der Waals surface area contributed by atoms with Crippen LogP contribution in [0.5, 0.6) is 0 Å². The van der Waals surface area contributed by atoms with Gasteiger partial charge in [0.25, 0.3) is 0 Å². The van der Waals surface area contributed by atoms with Crippen LogP contribution >= 0.6 is 12.2 Å². The number of hydrogen-bond acceptors (Lipinski definition) is 3. The lowest BCUT2D eigenvalue weighted by Crippen LogP contribution is -2.23. The number of nitrogens with one attached hydrogen (secondary N) is 2. The molecule has 0 atom stereocenters. The fourth-order valence-corrected chi connectivity index (χ4v) is 3.03. The van der Waals surface area contributed by atoms with Gasteiger partial charge in [-0.05, 0) is 36.5 Å². The number of rotatable bonds is 5. The smallest absolute Gasteiger partial charge is 0.191 e. The Morgan fingerprint density at radius 3 is 2.17 bits per heavy atom. The molecule has 0 fully saturated rings. The van der Waals surface area contributed by atoms with Gasteiger partial charge in [0, 0.05) is 23.0 Å². The van der Waals surface area contributed by atoms with Crippen molar-refractivity contribution in [3.8, 4) is 16.9 Å². The molecule has 4 rings (SSSR count).